The molecule has 4 aromatic rings. The zero-order valence-electron chi connectivity index (χ0n) is 18.3. The number of carbonyl (C=O) groups excluding carboxylic acids is 1. The van der Waals surface area contributed by atoms with Crippen LogP contribution in [0.15, 0.2) is 64.3 Å². The summed E-state index contributed by atoms with van der Waals surface area (Å²) in [6.45, 7) is 5.56. The van der Waals surface area contributed by atoms with Gasteiger partial charge in [-0.05, 0) is 18.6 Å². The van der Waals surface area contributed by atoms with Crippen LogP contribution < -0.4 is 5.56 Å². The first-order valence-corrected chi connectivity index (χ1v) is 12.6. The van der Waals surface area contributed by atoms with Gasteiger partial charge in [-0.25, -0.2) is 9.97 Å². The molecule has 0 N–H and O–H groups in total. The number of hydrogen-bond acceptors (Lipinski definition) is 7. The van der Waals surface area contributed by atoms with E-state index >= 15 is 0 Å². The van der Waals surface area contributed by atoms with Crippen LogP contribution in [0.3, 0.4) is 0 Å². The molecule has 0 atom stereocenters. The Morgan fingerprint density at radius 3 is 2.79 bits per heavy atom. The standard InChI is InChI=1S/C23H24N6O2S2/c1-17-4-2-3-5-19(17)28-7-6-24-22(28)33-16-21(31)27-10-8-26(9-11-27)15-18-14-20(30)29-12-13-32-23(29)25-18/h2-7,12-14H,8-11,15-16H2,1H3. The average molecular weight is 481 g/mol. The van der Waals surface area contributed by atoms with Crippen LogP contribution in [-0.4, -0.2) is 66.6 Å². The van der Waals surface area contributed by atoms with Gasteiger partial charge in [-0.1, -0.05) is 30.0 Å². The molecule has 0 spiro atoms. The number of aromatic nitrogens is 4. The minimum Gasteiger partial charge on any atom is -0.339 e. The van der Waals surface area contributed by atoms with E-state index in [9.17, 15) is 9.59 Å². The molecule has 5 rings (SSSR count). The monoisotopic (exact) mass is 480 g/mol. The SMILES string of the molecule is Cc1ccccc1-n1ccnc1SCC(=O)N1CCN(Cc2cc(=O)n3ccsc3n2)CC1. The van der Waals surface area contributed by atoms with E-state index in [1.165, 1.54) is 23.1 Å². The third-order valence-electron chi connectivity index (χ3n) is 5.77. The minimum atomic E-state index is -0.0499. The van der Waals surface area contributed by atoms with Crippen molar-refractivity contribution in [2.75, 3.05) is 31.9 Å². The molecule has 1 amide bonds. The molecule has 10 heteroatoms. The number of para-hydroxylation sites is 1. The van der Waals surface area contributed by atoms with E-state index in [0.29, 0.717) is 30.3 Å². The summed E-state index contributed by atoms with van der Waals surface area (Å²) in [7, 11) is 0. The number of amides is 1. The van der Waals surface area contributed by atoms with Gasteiger partial charge in [0.15, 0.2) is 10.1 Å². The number of thiazole rings is 1. The number of carbonyl (C=O) groups is 1. The van der Waals surface area contributed by atoms with Crippen LogP contribution in [0.1, 0.15) is 11.3 Å². The van der Waals surface area contributed by atoms with Gasteiger partial charge in [0.2, 0.25) is 5.91 Å². The molecule has 1 aliphatic heterocycles. The Bertz CT molecular complexity index is 1340. The van der Waals surface area contributed by atoms with E-state index < -0.39 is 0 Å². The second-order valence-corrected chi connectivity index (χ2v) is 9.77. The van der Waals surface area contributed by atoms with Crippen molar-refractivity contribution in [2.45, 2.75) is 18.6 Å². The maximum atomic E-state index is 12.8. The van der Waals surface area contributed by atoms with Crippen LogP contribution in [-0.2, 0) is 11.3 Å². The van der Waals surface area contributed by atoms with E-state index in [1.807, 2.05) is 33.2 Å². The van der Waals surface area contributed by atoms with Crippen LogP contribution in [0.5, 0.6) is 0 Å². The molecule has 0 radical (unpaired) electrons. The molecule has 3 aromatic heterocycles. The molecule has 8 nitrogen and oxygen atoms in total. The van der Waals surface area contributed by atoms with Crippen LogP contribution in [0.4, 0.5) is 0 Å². The number of imidazole rings is 1. The lowest BCUT2D eigenvalue weighted by Gasteiger charge is -2.34. The summed E-state index contributed by atoms with van der Waals surface area (Å²) in [5.74, 6) is 0.478. The maximum Gasteiger partial charge on any atom is 0.258 e. The number of fused-ring (bicyclic) bond motifs is 1. The predicted octanol–water partition coefficient (Wildman–Crippen LogP) is 2.69. The van der Waals surface area contributed by atoms with Crippen molar-refractivity contribution in [3.63, 3.8) is 0 Å². The van der Waals surface area contributed by atoms with Gasteiger partial charge in [-0.15, -0.1) is 11.3 Å². The normalized spacial score (nSPS) is 14.8. The molecule has 1 aliphatic rings. The Kier molecular flexibility index (Phi) is 6.30. The Morgan fingerprint density at radius 1 is 1.15 bits per heavy atom. The summed E-state index contributed by atoms with van der Waals surface area (Å²) in [5, 5.41) is 2.68. The molecule has 0 saturated carbocycles. The summed E-state index contributed by atoms with van der Waals surface area (Å²) in [6, 6.07) is 9.75. The van der Waals surface area contributed by atoms with Crippen molar-refractivity contribution < 1.29 is 4.79 Å². The van der Waals surface area contributed by atoms with Gasteiger partial charge >= 0.3 is 0 Å². The smallest absolute Gasteiger partial charge is 0.258 e. The fourth-order valence-corrected chi connectivity index (χ4v) is 5.59. The molecule has 0 unspecified atom stereocenters. The summed E-state index contributed by atoms with van der Waals surface area (Å²) in [5.41, 5.74) is 2.97. The summed E-state index contributed by atoms with van der Waals surface area (Å²) in [4.78, 5) is 38.9. The second kappa shape index (κ2) is 9.50. The fraction of sp³-hybridized carbons (Fsp3) is 0.304. The highest BCUT2D eigenvalue weighted by molar-refractivity contribution is 7.99. The lowest BCUT2D eigenvalue weighted by Crippen LogP contribution is -2.49. The first kappa shape index (κ1) is 21.9. The van der Waals surface area contributed by atoms with Crippen molar-refractivity contribution in [1.29, 1.82) is 0 Å². The second-order valence-electron chi connectivity index (χ2n) is 7.95. The Balaban J connectivity index is 1.15. The number of aryl methyl sites for hydroxylation is 1. The summed E-state index contributed by atoms with van der Waals surface area (Å²) in [6.07, 6.45) is 5.45. The topological polar surface area (TPSA) is 75.7 Å². The molecule has 170 valence electrons. The van der Waals surface area contributed by atoms with Crippen molar-refractivity contribution in [3.8, 4) is 5.69 Å². The van der Waals surface area contributed by atoms with Gasteiger partial charge in [0.05, 0.1) is 17.1 Å². The van der Waals surface area contributed by atoms with E-state index in [4.69, 9.17) is 0 Å². The van der Waals surface area contributed by atoms with Gasteiger partial charge in [0.25, 0.3) is 5.56 Å². The molecule has 1 fully saturated rings. The number of benzene rings is 1. The van der Waals surface area contributed by atoms with Crippen LogP contribution >= 0.6 is 23.1 Å². The van der Waals surface area contributed by atoms with E-state index in [2.05, 4.69) is 33.9 Å². The lowest BCUT2D eigenvalue weighted by atomic mass is 10.2. The molecular weight excluding hydrogens is 456 g/mol. The Hall–Kier alpha value is -2.95. The number of thioether (sulfide) groups is 1. The molecule has 0 aliphatic carbocycles. The van der Waals surface area contributed by atoms with Gasteiger partial charge in [-0.2, -0.15) is 0 Å². The third-order valence-corrected chi connectivity index (χ3v) is 7.48. The van der Waals surface area contributed by atoms with E-state index in [-0.39, 0.29) is 11.5 Å². The zero-order chi connectivity index (χ0) is 22.8. The quantitative estimate of drug-likeness (QED) is 0.395. The molecular formula is C23H24N6O2S2. The van der Waals surface area contributed by atoms with Crippen molar-refractivity contribution in [2.24, 2.45) is 0 Å². The number of nitrogens with zero attached hydrogens (tertiary/aromatic N) is 6. The van der Waals surface area contributed by atoms with Crippen molar-refractivity contribution in [1.82, 2.24) is 28.7 Å². The highest BCUT2D eigenvalue weighted by Crippen LogP contribution is 2.23. The fourth-order valence-electron chi connectivity index (χ4n) is 3.98. The minimum absolute atomic E-state index is 0.0499. The third kappa shape index (κ3) is 4.73. The first-order chi connectivity index (χ1) is 16.1. The molecule has 1 aromatic carbocycles. The average Bonchev–Trinajstić information content (AvgIpc) is 3.48. The van der Waals surface area contributed by atoms with Crippen molar-refractivity contribution >= 4 is 34.0 Å². The van der Waals surface area contributed by atoms with Crippen molar-refractivity contribution in [3.05, 3.63) is 75.9 Å². The molecule has 4 heterocycles. The van der Waals surface area contributed by atoms with Gasteiger partial charge in [-0.3, -0.25) is 23.5 Å². The molecule has 33 heavy (non-hydrogen) atoms. The van der Waals surface area contributed by atoms with Gasteiger partial charge in [0.1, 0.15) is 0 Å². The van der Waals surface area contributed by atoms with Crippen LogP contribution in [0, 0.1) is 6.92 Å². The first-order valence-electron chi connectivity index (χ1n) is 10.8. The van der Waals surface area contributed by atoms with Gasteiger partial charge in [0, 0.05) is 62.8 Å². The maximum absolute atomic E-state index is 12.8. The lowest BCUT2D eigenvalue weighted by molar-refractivity contribution is -0.130. The molecule has 1 saturated heterocycles. The number of rotatable bonds is 6. The summed E-state index contributed by atoms with van der Waals surface area (Å²) >= 11 is 2.92. The Labute approximate surface area is 199 Å². The van der Waals surface area contributed by atoms with Gasteiger partial charge < -0.3 is 4.90 Å². The largest absolute Gasteiger partial charge is 0.339 e. The van der Waals surface area contributed by atoms with E-state index in [0.717, 1.165) is 35.2 Å². The number of hydrogen-bond donors (Lipinski definition) is 0. The van der Waals surface area contributed by atoms with Crippen LogP contribution in [0.25, 0.3) is 10.6 Å². The highest BCUT2D eigenvalue weighted by atomic mass is 32.2. The number of piperazine rings is 1. The van der Waals surface area contributed by atoms with E-state index in [1.54, 1.807) is 22.9 Å². The van der Waals surface area contributed by atoms with Crippen LogP contribution in [0.2, 0.25) is 0 Å². The molecule has 0 bridgehead atoms. The Morgan fingerprint density at radius 2 is 1.97 bits per heavy atom. The highest BCUT2D eigenvalue weighted by Gasteiger charge is 2.22. The summed E-state index contributed by atoms with van der Waals surface area (Å²) < 4.78 is 3.60. The predicted molar refractivity (Wildman–Crippen MR) is 130 cm³/mol. The zero-order valence-corrected chi connectivity index (χ0v) is 19.9.